The highest BCUT2D eigenvalue weighted by atomic mass is 32.1. The average Bonchev–Trinajstić information content (AvgIpc) is 3.52. The highest BCUT2D eigenvalue weighted by molar-refractivity contribution is 7.15. The fraction of sp³-hybridized carbons (Fsp3) is 0.690. The standard InChI is InChI=1S/C29H42N2O6S/c1-19-7-9-21(10-8-19)26(32)31(20(2)12-15-30-28(34)37-22-13-16-36-18-22)24-17-23(11-14-29(3,4)5)38-25(24)27(33)35-6/h17,19-22H,7-10,12-13,15-16,18H2,1-6H3,(H,30,34)/t19?,20-,21?,22?/m0/s1. The number of methoxy groups -OCH3 is 1. The molecule has 1 aromatic rings. The number of hydrogen-bond acceptors (Lipinski definition) is 7. The quantitative estimate of drug-likeness (QED) is 0.347. The zero-order valence-corrected chi connectivity index (χ0v) is 24.4. The lowest BCUT2D eigenvalue weighted by Crippen LogP contribution is -2.45. The third kappa shape index (κ3) is 8.47. The molecule has 1 unspecified atom stereocenters. The molecule has 0 aromatic carbocycles. The van der Waals surface area contributed by atoms with Gasteiger partial charge in [-0.1, -0.05) is 18.8 Å². The number of anilines is 1. The van der Waals surface area contributed by atoms with Crippen LogP contribution in [0.5, 0.6) is 0 Å². The van der Waals surface area contributed by atoms with Crippen LogP contribution in [0.15, 0.2) is 6.07 Å². The summed E-state index contributed by atoms with van der Waals surface area (Å²) in [6.07, 6.45) is 4.14. The van der Waals surface area contributed by atoms with Crippen LogP contribution in [0.3, 0.4) is 0 Å². The van der Waals surface area contributed by atoms with Gasteiger partial charge in [0.05, 0.1) is 30.9 Å². The molecule has 0 spiro atoms. The normalized spacial score (nSPS) is 22.1. The third-order valence-corrected chi connectivity index (χ3v) is 7.96. The summed E-state index contributed by atoms with van der Waals surface area (Å²) in [5, 5.41) is 2.80. The molecular formula is C29H42N2O6S. The van der Waals surface area contributed by atoms with Crippen LogP contribution in [-0.4, -0.2) is 57.0 Å². The number of ether oxygens (including phenoxy) is 3. The first-order chi connectivity index (χ1) is 18.0. The molecule has 38 heavy (non-hydrogen) atoms. The van der Waals surface area contributed by atoms with Crippen molar-refractivity contribution in [2.24, 2.45) is 17.3 Å². The number of carbonyl (C=O) groups excluding carboxylic acids is 3. The van der Waals surface area contributed by atoms with Crippen molar-refractivity contribution >= 4 is 35.0 Å². The van der Waals surface area contributed by atoms with E-state index >= 15 is 0 Å². The Hall–Kier alpha value is -2.57. The maximum absolute atomic E-state index is 14.0. The summed E-state index contributed by atoms with van der Waals surface area (Å²) in [5.74, 6) is 6.40. The van der Waals surface area contributed by atoms with Crippen LogP contribution in [0.4, 0.5) is 10.5 Å². The van der Waals surface area contributed by atoms with E-state index in [1.54, 1.807) is 4.90 Å². The topological polar surface area (TPSA) is 94.2 Å². The van der Waals surface area contributed by atoms with E-state index in [0.717, 1.165) is 25.7 Å². The molecule has 1 aliphatic carbocycles. The summed E-state index contributed by atoms with van der Waals surface area (Å²) < 4.78 is 15.7. The van der Waals surface area contributed by atoms with Gasteiger partial charge in [-0.05, 0) is 71.8 Å². The first kappa shape index (κ1) is 30.0. The Labute approximate surface area is 230 Å². The number of carbonyl (C=O) groups is 3. The van der Waals surface area contributed by atoms with Crippen molar-refractivity contribution in [3.63, 3.8) is 0 Å². The molecule has 9 heteroatoms. The molecule has 2 fully saturated rings. The number of hydrogen-bond donors (Lipinski definition) is 1. The average molecular weight is 547 g/mol. The Morgan fingerprint density at radius 2 is 1.92 bits per heavy atom. The van der Waals surface area contributed by atoms with Gasteiger partial charge < -0.3 is 24.4 Å². The van der Waals surface area contributed by atoms with Gasteiger partial charge in [0.15, 0.2) is 0 Å². The highest BCUT2D eigenvalue weighted by Crippen LogP contribution is 2.37. The lowest BCUT2D eigenvalue weighted by molar-refractivity contribution is -0.124. The number of nitrogens with one attached hydrogen (secondary N) is 1. The maximum atomic E-state index is 14.0. The zero-order chi connectivity index (χ0) is 27.9. The fourth-order valence-electron chi connectivity index (χ4n) is 4.70. The van der Waals surface area contributed by atoms with E-state index in [-0.39, 0.29) is 29.4 Å². The van der Waals surface area contributed by atoms with E-state index in [9.17, 15) is 14.4 Å². The molecule has 2 atom stereocenters. The monoisotopic (exact) mass is 546 g/mol. The Kier molecular flexibility index (Phi) is 10.6. The molecule has 1 aromatic heterocycles. The molecule has 8 nitrogen and oxygen atoms in total. The minimum absolute atomic E-state index is 0.00774. The van der Waals surface area contributed by atoms with E-state index in [1.807, 2.05) is 33.8 Å². The molecule has 2 aliphatic rings. The second-order valence-corrected chi connectivity index (χ2v) is 12.5. The largest absolute Gasteiger partial charge is 0.465 e. The van der Waals surface area contributed by atoms with Crippen molar-refractivity contribution in [1.29, 1.82) is 0 Å². The minimum atomic E-state index is -0.489. The number of amides is 2. The van der Waals surface area contributed by atoms with Crippen LogP contribution < -0.4 is 10.2 Å². The number of thiophene rings is 1. The summed E-state index contributed by atoms with van der Waals surface area (Å²) in [4.78, 5) is 41.8. The molecule has 0 radical (unpaired) electrons. The lowest BCUT2D eigenvalue weighted by atomic mass is 9.82. The van der Waals surface area contributed by atoms with Crippen molar-refractivity contribution in [3.05, 3.63) is 15.8 Å². The highest BCUT2D eigenvalue weighted by Gasteiger charge is 2.34. The summed E-state index contributed by atoms with van der Waals surface area (Å²) in [6.45, 7) is 11.6. The van der Waals surface area contributed by atoms with Crippen molar-refractivity contribution in [2.75, 3.05) is 31.8 Å². The van der Waals surface area contributed by atoms with Crippen molar-refractivity contribution in [3.8, 4) is 11.8 Å². The second kappa shape index (κ2) is 13.5. The van der Waals surface area contributed by atoms with Gasteiger partial charge in [0.2, 0.25) is 5.91 Å². The van der Waals surface area contributed by atoms with E-state index in [0.29, 0.717) is 54.0 Å². The third-order valence-electron chi connectivity index (χ3n) is 6.94. The van der Waals surface area contributed by atoms with E-state index in [2.05, 4.69) is 24.1 Å². The van der Waals surface area contributed by atoms with Crippen LogP contribution >= 0.6 is 11.3 Å². The Balaban J connectivity index is 1.84. The molecule has 3 rings (SSSR count). The summed E-state index contributed by atoms with van der Waals surface area (Å²) in [7, 11) is 1.34. The summed E-state index contributed by atoms with van der Waals surface area (Å²) in [5.41, 5.74) is 0.323. The van der Waals surface area contributed by atoms with Gasteiger partial charge >= 0.3 is 12.1 Å². The Morgan fingerprint density at radius 1 is 1.21 bits per heavy atom. The van der Waals surface area contributed by atoms with E-state index in [1.165, 1.54) is 18.4 Å². The van der Waals surface area contributed by atoms with Gasteiger partial charge in [-0.3, -0.25) is 4.79 Å². The number of esters is 1. The Bertz CT molecular complexity index is 1040. The smallest absolute Gasteiger partial charge is 0.407 e. The molecule has 0 bridgehead atoms. The SMILES string of the molecule is COC(=O)c1sc(C#CC(C)(C)C)cc1N(C(=O)C1CCC(C)CC1)[C@@H](C)CCNC(=O)OC1CCOC1. The van der Waals surface area contributed by atoms with Gasteiger partial charge in [0.25, 0.3) is 0 Å². The molecule has 1 aliphatic heterocycles. The molecule has 2 amide bonds. The van der Waals surface area contributed by atoms with Gasteiger partial charge in [0.1, 0.15) is 11.0 Å². The van der Waals surface area contributed by atoms with Gasteiger partial charge in [-0.2, -0.15) is 0 Å². The number of nitrogens with zero attached hydrogens (tertiary/aromatic N) is 1. The Morgan fingerprint density at radius 3 is 2.53 bits per heavy atom. The van der Waals surface area contributed by atoms with E-state index in [4.69, 9.17) is 14.2 Å². The van der Waals surface area contributed by atoms with Crippen LogP contribution in [0.1, 0.15) is 87.7 Å². The van der Waals surface area contributed by atoms with Crippen molar-refractivity contribution in [1.82, 2.24) is 5.32 Å². The zero-order valence-electron chi connectivity index (χ0n) is 23.6. The van der Waals surface area contributed by atoms with E-state index < -0.39 is 12.1 Å². The molecule has 210 valence electrons. The second-order valence-electron chi connectivity index (χ2n) is 11.4. The van der Waals surface area contributed by atoms with Crippen LogP contribution in [0.2, 0.25) is 0 Å². The van der Waals surface area contributed by atoms with Crippen LogP contribution in [-0.2, 0) is 19.0 Å². The molecule has 1 N–H and O–H groups in total. The predicted molar refractivity (Wildman–Crippen MR) is 148 cm³/mol. The maximum Gasteiger partial charge on any atom is 0.407 e. The van der Waals surface area contributed by atoms with Gasteiger partial charge in [-0.15, -0.1) is 11.3 Å². The van der Waals surface area contributed by atoms with Gasteiger partial charge in [-0.25, -0.2) is 9.59 Å². The van der Waals surface area contributed by atoms with Crippen molar-refractivity contribution in [2.45, 2.75) is 85.3 Å². The fourth-order valence-corrected chi connectivity index (χ4v) is 5.62. The molecule has 1 saturated heterocycles. The lowest BCUT2D eigenvalue weighted by Gasteiger charge is -2.35. The molecule has 1 saturated carbocycles. The minimum Gasteiger partial charge on any atom is -0.465 e. The van der Waals surface area contributed by atoms with Crippen LogP contribution in [0.25, 0.3) is 0 Å². The number of alkyl carbamates (subject to hydrolysis) is 1. The summed E-state index contributed by atoms with van der Waals surface area (Å²) in [6, 6.07) is 1.55. The number of rotatable bonds is 8. The molecular weight excluding hydrogens is 504 g/mol. The predicted octanol–water partition coefficient (Wildman–Crippen LogP) is 5.39. The first-order valence-electron chi connectivity index (χ1n) is 13.6. The summed E-state index contributed by atoms with van der Waals surface area (Å²) >= 11 is 1.25. The molecule has 2 heterocycles. The van der Waals surface area contributed by atoms with Crippen LogP contribution in [0, 0.1) is 29.1 Å². The van der Waals surface area contributed by atoms with Gasteiger partial charge in [0, 0.05) is 30.3 Å². The van der Waals surface area contributed by atoms with Crippen molar-refractivity contribution < 1.29 is 28.6 Å². The first-order valence-corrected chi connectivity index (χ1v) is 14.4.